The third kappa shape index (κ3) is 2.83. The molecule has 0 fully saturated rings. The molecule has 1 aromatic heterocycles. The first-order chi connectivity index (χ1) is 9.06. The van der Waals surface area contributed by atoms with Crippen molar-refractivity contribution in [3.8, 4) is 0 Å². The maximum absolute atomic E-state index is 11.8. The molecule has 0 aliphatic rings. The van der Waals surface area contributed by atoms with Gasteiger partial charge in [-0.3, -0.25) is 0 Å². The van der Waals surface area contributed by atoms with Gasteiger partial charge in [-0.2, -0.15) is 0 Å². The lowest BCUT2D eigenvalue weighted by Crippen LogP contribution is -2.12. The van der Waals surface area contributed by atoms with Gasteiger partial charge in [0.2, 0.25) is 0 Å². The minimum atomic E-state index is -0.460. The van der Waals surface area contributed by atoms with Gasteiger partial charge in [-0.1, -0.05) is 11.6 Å². The predicted molar refractivity (Wildman–Crippen MR) is 80.2 cm³/mol. The van der Waals surface area contributed by atoms with Crippen molar-refractivity contribution in [3.63, 3.8) is 0 Å². The number of alkyl halides is 1. The second-order valence-electron chi connectivity index (χ2n) is 3.65. The van der Waals surface area contributed by atoms with Gasteiger partial charge in [0.25, 0.3) is 0 Å². The number of nitrogens with two attached hydrogens (primary N) is 1. The summed E-state index contributed by atoms with van der Waals surface area (Å²) in [5.74, 6) is -0.150. The molecule has 7 heteroatoms. The maximum atomic E-state index is 11.8. The van der Waals surface area contributed by atoms with Crippen LogP contribution in [0.25, 0.3) is 10.1 Å². The van der Waals surface area contributed by atoms with Crippen LogP contribution in [-0.4, -0.2) is 24.8 Å². The largest absolute Gasteiger partial charge is 0.465 e. The van der Waals surface area contributed by atoms with Crippen LogP contribution in [-0.2, 0) is 4.74 Å². The monoisotopic (exact) mass is 316 g/mol. The molecule has 0 saturated carbocycles. The lowest BCUT2D eigenvalue weighted by Gasteiger charge is -1.99. The topological polar surface area (TPSA) is 64.7 Å². The minimum Gasteiger partial charge on any atom is -0.465 e. The van der Waals surface area contributed by atoms with Crippen molar-refractivity contribution in [1.29, 1.82) is 0 Å². The molecule has 4 nitrogen and oxygen atoms in total. The van der Waals surface area contributed by atoms with Gasteiger partial charge in [0.15, 0.2) is 0 Å². The van der Waals surface area contributed by atoms with E-state index in [1.54, 1.807) is 12.1 Å². The Balaban J connectivity index is 2.73. The molecular formula is C12H10Cl2N2O2S. The van der Waals surface area contributed by atoms with Gasteiger partial charge in [0.1, 0.15) is 10.7 Å². The maximum Gasteiger partial charge on any atom is 0.350 e. The number of ether oxygens (including phenoxy) is 1. The minimum absolute atomic E-state index is 0.0819. The molecule has 19 heavy (non-hydrogen) atoms. The molecule has 2 rings (SSSR count). The number of aliphatic imine (C=N–C) groups is 1. The summed E-state index contributed by atoms with van der Waals surface area (Å²) in [5, 5.41) is 1.31. The van der Waals surface area contributed by atoms with Gasteiger partial charge in [-0.05, 0) is 18.2 Å². The molecule has 1 aromatic carbocycles. The molecule has 0 atom stereocenters. The number of benzene rings is 1. The standard InChI is InChI=1S/C12H10Cl2N2O2S/c1-18-12(17)11-10(16-9(15)5-13)7-4-6(14)2-3-8(7)19-11/h2-4H,5H2,1H3,(H2,15,16). The van der Waals surface area contributed by atoms with Crippen LogP contribution in [0.2, 0.25) is 5.02 Å². The summed E-state index contributed by atoms with van der Waals surface area (Å²) < 4.78 is 5.63. The van der Waals surface area contributed by atoms with Crippen molar-refractivity contribution in [2.24, 2.45) is 10.7 Å². The highest BCUT2D eigenvalue weighted by Gasteiger charge is 2.19. The second kappa shape index (κ2) is 5.77. The van der Waals surface area contributed by atoms with Gasteiger partial charge < -0.3 is 10.5 Å². The Kier molecular flexibility index (Phi) is 4.29. The van der Waals surface area contributed by atoms with E-state index in [2.05, 4.69) is 4.99 Å². The SMILES string of the molecule is COC(=O)c1sc2ccc(Cl)cc2c1N=C(N)CCl. The molecule has 0 radical (unpaired) electrons. The molecule has 0 saturated heterocycles. The summed E-state index contributed by atoms with van der Waals surface area (Å²) in [6, 6.07) is 5.31. The van der Waals surface area contributed by atoms with E-state index in [1.165, 1.54) is 18.4 Å². The number of carbonyl (C=O) groups excluding carboxylic acids is 1. The number of esters is 1. The molecule has 2 N–H and O–H groups in total. The van der Waals surface area contributed by atoms with E-state index in [4.69, 9.17) is 33.7 Å². The number of rotatable bonds is 3. The Morgan fingerprint density at radius 1 is 1.53 bits per heavy atom. The van der Waals surface area contributed by atoms with Gasteiger partial charge in [-0.15, -0.1) is 22.9 Å². The number of halogens is 2. The average Bonchev–Trinajstić information content (AvgIpc) is 2.76. The molecule has 2 aromatic rings. The highest BCUT2D eigenvalue weighted by Crippen LogP contribution is 2.39. The van der Waals surface area contributed by atoms with E-state index in [0.29, 0.717) is 15.6 Å². The molecule has 1 heterocycles. The van der Waals surface area contributed by atoms with Gasteiger partial charge in [-0.25, -0.2) is 9.79 Å². The molecule has 0 aliphatic carbocycles. The lowest BCUT2D eigenvalue weighted by molar-refractivity contribution is 0.0607. The van der Waals surface area contributed by atoms with Crippen molar-refractivity contribution in [1.82, 2.24) is 0 Å². The zero-order valence-corrected chi connectivity index (χ0v) is 12.3. The van der Waals surface area contributed by atoms with Crippen LogP contribution < -0.4 is 5.73 Å². The molecule has 0 amide bonds. The quantitative estimate of drug-likeness (QED) is 0.407. The summed E-state index contributed by atoms with van der Waals surface area (Å²) in [7, 11) is 1.32. The molecule has 0 unspecified atom stereocenters. The van der Waals surface area contributed by atoms with Crippen molar-refractivity contribution in [2.75, 3.05) is 13.0 Å². The third-order valence-electron chi connectivity index (χ3n) is 2.39. The van der Waals surface area contributed by atoms with Gasteiger partial charge >= 0.3 is 5.97 Å². The van der Waals surface area contributed by atoms with Crippen LogP contribution in [0.5, 0.6) is 0 Å². The lowest BCUT2D eigenvalue weighted by atomic mass is 10.2. The van der Waals surface area contributed by atoms with Gasteiger partial charge in [0, 0.05) is 15.1 Å². The summed E-state index contributed by atoms with van der Waals surface area (Å²) in [6.07, 6.45) is 0. The van der Waals surface area contributed by atoms with Crippen LogP contribution in [0, 0.1) is 0 Å². The number of hydrogen-bond donors (Lipinski definition) is 1. The second-order valence-corrected chi connectivity index (χ2v) is 5.40. The number of methoxy groups -OCH3 is 1. The van der Waals surface area contributed by atoms with Crippen LogP contribution in [0.3, 0.4) is 0 Å². The first kappa shape index (κ1) is 14.1. The number of thiophene rings is 1. The van der Waals surface area contributed by atoms with E-state index >= 15 is 0 Å². The van der Waals surface area contributed by atoms with Crippen molar-refractivity contribution in [2.45, 2.75) is 0 Å². The fourth-order valence-electron chi connectivity index (χ4n) is 1.57. The van der Waals surface area contributed by atoms with Crippen LogP contribution in [0.1, 0.15) is 9.67 Å². The van der Waals surface area contributed by atoms with Gasteiger partial charge in [0.05, 0.1) is 18.7 Å². The predicted octanol–water partition coefficient (Wildman–Crippen LogP) is 3.57. The molecular weight excluding hydrogens is 307 g/mol. The summed E-state index contributed by atoms with van der Waals surface area (Å²) in [5.41, 5.74) is 6.09. The Bertz CT molecular complexity index is 667. The molecule has 0 spiro atoms. The zero-order chi connectivity index (χ0) is 14.0. The Labute approximate surface area is 123 Å². The Hall–Kier alpha value is -1.30. The van der Waals surface area contributed by atoms with E-state index in [0.717, 1.165) is 10.1 Å². The highest BCUT2D eigenvalue weighted by atomic mass is 35.5. The Morgan fingerprint density at radius 2 is 2.26 bits per heavy atom. The summed E-state index contributed by atoms with van der Waals surface area (Å²) >= 11 is 12.9. The highest BCUT2D eigenvalue weighted by molar-refractivity contribution is 7.21. The third-order valence-corrected chi connectivity index (χ3v) is 4.04. The van der Waals surface area contributed by atoms with Crippen LogP contribution in [0.4, 0.5) is 5.69 Å². The van der Waals surface area contributed by atoms with Crippen molar-refractivity contribution >= 4 is 62.1 Å². The smallest absolute Gasteiger partial charge is 0.350 e. The molecule has 0 aliphatic heterocycles. The van der Waals surface area contributed by atoms with Crippen LogP contribution >= 0.6 is 34.5 Å². The van der Waals surface area contributed by atoms with E-state index in [9.17, 15) is 4.79 Å². The first-order valence-electron chi connectivity index (χ1n) is 5.26. The first-order valence-corrected chi connectivity index (χ1v) is 6.99. The summed E-state index contributed by atoms with van der Waals surface area (Å²) in [4.78, 5) is 16.3. The fourth-order valence-corrected chi connectivity index (χ4v) is 2.84. The van der Waals surface area contributed by atoms with E-state index in [1.807, 2.05) is 6.07 Å². The van der Waals surface area contributed by atoms with Crippen molar-refractivity contribution in [3.05, 3.63) is 28.1 Å². The number of fused-ring (bicyclic) bond motifs is 1. The van der Waals surface area contributed by atoms with Crippen LogP contribution in [0.15, 0.2) is 23.2 Å². The number of carbonyl (C=O) groups is 1. The average molecular weight is 317 g/mol. The Morgan fingerprint density at radius 3 is 2.89 bits per heavy atom. The molecule has 0 bridgehead atoms. The molecule has 100 valence electrons. The fraction of sp³-hybridized carbons (Fsp3) is 0.167. The van der Waals surface area contributed by atoms with E-state index < -0.39 is 5.97 Å². The number of nitrogens with zero attached hydrogens (tertiary/aromatic N) is 1. The number of hydrogen-bond acceptors (Lipinski definition) is 4. The van der Waals surface area contributed by atoms with Crippen molar-refractivity contribution < 1.29 is 9.53 Å². The van der Waals surface area contributed by atoms with E-state index in [-0.39, 0.29) is 11.7 Å². The normalized spacial score (nSPS) is 11.8. The summed E-state index contributed by atoms with van der Waals surface area (Å²) in [6.45, 7) is 0. The number of amidine groups is 1. The zero-order valence-electron chi connectivity index (χ0n) is 9.94.